The number of rotatable bonds is 3. The van der Waals surface area contributed by atoms with Crippen molar-refractivity contribution in [3.63, 3.8) is 0 Å². The van der Waals surface area contributed by atoms with Gasteiger partial charge in [-0.2, -0.15) is 0 Å². The molecule has 29 heavy (non-hydrogen) atoms. The van der Waals surface area contributed by atoms with E-state index in [1.807, 2.05) is 23.4 Å². The molecule has 156 valence electrons. The molecule has 7 heteroatoms. The summed E-state index contributed by atoms with van der Waals surface area (Å²) in [5.41, 5.74) is 4.88. The number of hydrogen-bond acceptors (Lipinski definition) is 5. The molecule has 1 aromatic carbocycles. The molecule has 2 unspecified atom stereocenters. The molecule has 2 fully saturated rings. The molecule has 0 aliphatic carbocycles. The van der Waals surface area contributed by atoms with Gasteiger partial charge in [-0.15, -0.1) is 5.10 Å². The van der Waals surface area contributed by atoms with E-state index in [1.54, 1.807) is 0 Å². The smallest absolute Gasteiger partial charge is 0.276 e. The molecule has 0 spiro atoms. The molecule has 2 aliphatic rings. The van der Waals surface area contributed by atoms with Crippen molar-refractivity contribution in [3.8, 4) is 0 Å². The Balaban J connectivity index is 1.56. The molecule has 3 heterocycles. The van der Waals surface area contributed by atoms with Crippen LogP contribution in [0.4, 0.5) is 0 Å². The monoisotopic (exact) mass is 397 g/mol. The van der Waals surface area contributed by atoms with Crippen LogP contribution in [0.25, 0.3) is 0 Å². The number of piperidine rings is 1. The summed E-state index contributed by atoms with van der Waals surface area (Å²) < 4.78 is 8.06. The number of nitrogens with one attached hydrogen (secondary N) is 1. The van der Waals surface area contributed by atoms with Gasteiger partial charge in [0.1, 0.15) is 6.10 Å². The molecule has 2 aliphatic heterocycles. The van der Waals surface area contributed by atoms with Gasteiger partial charge in [0.25, 0.3) is 5.91 Å². The predicted octanol–water partition coefficient (Wildman–Crippen LogP) is 2.73. The van der Waals surface area contributed by atoms with Crippen LogP contribution in [0.1, 0.15) is 64.8 Å². The summed E-state index contributed by atoms with van der Waals surface area (Å²) in [5.74, 6) is -0.0474. The Kier molecular flexibility index (Phi) is 5.69. The van der Waals surface area contributed by atoms with Crippen molar-refractivity contribution in [2.24, 2.45) is 0 Å². The lowest BCUT2D eigenvalue weighted by Gasteiger charge is -2.38. The summed E-state index contributed by atoms with van der Waals surface area (Å²) in [6.45, 7) is 11.2. The van der Waals surface area contributed by atoms with Gasteiger partial charge < -0.3 is 15.0 Å². The average Bonchev–Trinajstić information content (AvgIpc) is 3.12. The fraction of sp³-hybridized carbons (Fsp3) is 0.591. The second-order valence-electron chi connectivity index (χ2n) is 8.44. The predicted molar refractivity (Wildman–Crippen MR) is 111 cm³/mol. The molecular formula is C22H31N5O2. The van der Waals surface area contributed by atoms with Crippen LogP contribution in [-0.2, 0) is 4.74 Å². The highest BCUT2D eigenvalue weighted by atomic mass is 16.5. The third-order valence-corrected chi connectivity index (χ3v) is 6.26. The van der Waals surface area contributed by atoms with Gasteiger partial charge in [0.2, 0.25) is 0 Å². The normalized spacial score (nSPS) is 23.4. The largest absolute Gasteiger partial charge is 0.370 e. The zero-order chi connectivity index (χ0) is 20.5. The zero-order valence-electron chi connectivity index (χ0n) is 17.8. The van der Waals surface area contributed by atoms with E-state index in [-0.39, 0.29) is 18.1 Å². The number of ether oxygens (including phenoxy) is 1. The average molecular weight is 398 g/mol. The topological polar surface area (TPSA) is 72.3 Å². The Labute approximate surface area is 172 Å². The van der Waals surface area contributed by atoms with E-state index in [2.05, 4.69) is 47.7 Å². The molecule has 0 bridgehead atoms. The van der Waals surface area contributed by atoms with Crippen molar-refractivity contribution in [3.05, 3.63) is 46.3 Å². The molecule has 1 aromatic heterocycles. The molecule has 0 saturated carbocycles. The summed E-state index contributed by atoms with van der Waals surface area (Å²) in [5, 5.41) is 12.0. The number of carbonyl (C=O) groups excluding carboxylic acids is 1. The van der Waals surface area contributed by atoms with Gasteiger partial charge in [0, 0.05) is 0 Å². The quantitative estimate of drug-likeness (QED) is 0.862. The molecule has 1 amide bonds. The van der Waals surface area contributed by atoms with Crippen LogP contribution in [0.15, 0.2) is 18.2 Å². The van der Waals surface area contributed by atoms with Crippen LogP contribution in [0, 0.1) is 20.8 Å². The van der Waals surface area contributed by atoms with Crippen LogP contribution in [0.3, 0.4) is 0 Å². The van der Waals surface area contributed by atoms with E-state index in [9.17, 15) is 4.79 Å². The number of carbonyl (C=O) groups is 1. The summed E-state index contributed by atoms with van der Waals surface area (Å²) >= 11 is 0. The van der Waals surface area contributed by atoms with Crippen molar-refractivity contribution in [1.29, 1.82) is 0 Å². The molecule has 4 rings (SSSR count). The standard InChI is InChI=1S/C22H31N5O2/c1-14-5-6-15(2)19(11-14)20-12-26(16(3)13-29-20)22(28)21-17(4)27(25-24-21)18-7-9-23-10-8-18/h5-6,11,16,18,20,23H,7-10,12-13H2,1-4H3. The van der Waals surface area contributed by atoms with Crippen LogP contribution < -0.4 is 5.32 Å². The lowest BCUT2D eigenvalue weighted by Crippen LogP contribution is -2.48. The van der Waals surface area contributed by atoms with Crippen molar-refractivity contribution in [2.75, 3.05) is 26.2 Å². The molecule has 0 radical (unpaired) electrons. The second-order valence-corrected chi connectivity index (χ2v) is 8.44. The Morgan fingerprint density at radius 3 is 2.72 bits per heavy atom. The van der Waals surface area contributed by atoms with E-state index >= 15 is 0 Å². The minimum Gasteiger partial charge on any atom is -0.370 e. The Bertz CT molecular complexity index is 887. The van der Waals surface area contributed by atoms with Crippen LogP contribution >= 0.6 is 0 Å². The molecule has 2 aromatic rings. The van der Waals surface area contributed by atoms with Crippen LogP contribution in [-0.4, -0.2) is 58.1 Å². The fourth-order valence-corrected chi connectivity index (χ4v) is 4.41. The summed E-state index contributed by atoms with van der Waals surface area (Å²) in [4.78, 5) is 15.3. The maximum absolute atomic E-state index is 13.4. The van der Waals surface area contributed by atoms with Gasteiger partial charge in [-0.3, -0.25) is 4.79 Å². The lowest BCUT2D eigenvalue weighted by molar-refractivity contribution is -0.0491. The van der Waals surface area contributed by atoms with Crippen LogP contribution in [0.5, 0.6) is 0 Å². The van der Waals surface area contributed by atoms with Crippen molar-refractivity contribution in [1.82, 2.24) is 25.2 Å². The van der Waals surface area contributed by atoms with Gasteiger partial charge in [0.15, 0.2) is 5.69 Å². The third-order valence-electron chi connectivity index (χ3n) is 6.26. The van der Waals surface area contributed by atoms with E-state index in [0.29, 0.717) is 24.9 Å². The van der Waals surface area contributed by atoms with E-state index in [0.717, 1.165) is 37.2 Å². The first kappa shape index (κ1) is 20.0. The zero-order valence-corrected chi connectivity index (χ0v) is 17.8. The van der Waals surface area contributed by atoms with Gasteiger partial charge in [-0.1, -0.05) is 29.0 Å². The number of nitrogens with zero attached hydrogens (tertiary/aromatic N) is 4. The number of benzene rings is 1. The lowest BCUT2D eigenvalue weighted by atomic mass is 9.98. The van der Waals surface area contributed by atoms with Gasteiger partial charge in [0.05, 0.1) is 30.9 Å². The molecule has 2 atom stereocenters. The molecular weight excluding hydrogens is 366 g/mol. The SMILES string of the molecule is Cc1ccc(C)c(C2CN(C(=O)c3nnn(C4CCNCC4)c3C)C(C)CO2)c1. The number of hydrogen-bond donors (Lipinski definition) is 1. The minimum absolute atomic E-state index is 0.00676. The Hall–Kier alpha value is -2.25. The van der Waals surface area contributed by atoms with Gasteiger partial charge in [-0.05, 0) is 64.8 Å². The van der Waals surface area contributed by atoms with Crippen LogP contribution in [0.2, 0.25) is 0 Å². The van der Waals surface area contributed by atoms with Crippen molar-refractivity contribution < 1.29 is 9.53 Å². The Morgan fingerprint density at radius 2 is 1.97 bits per heavy atom. The van der Waals surface area contributed by atoms with Gasteiger partial charge in [-0.25, -0.2) is 4.68 Å². The first-order valence-corrected chi connectivity index (χ1v) is 10.6. The number of aromatic nitrogens is 3. The highest BCUT2D eigenvalue weighted by Crippen LogP contribution is 2.29. The summed E-state index contributed by atoms with van der Waals surface area (Å²) in [7, 11) is 0. The second kappa shape index (κ2) is 8.24. The Morgan fingerprint density at radius 1 is 1.21 bits per heavy atom. The van der Waals surface area contributed by atoms with E-state index in [4.69, 9.17) is 4.74 Å². The number of morpholine rings is 1. The molecule has 7 nitrogen and oxygen atoms in total. The third kappa shape index (κ3) is 3.94. The van der Waals surface area contributed by atoms with Gasteiger partial charge >= 0.3 is 0 Å². The molecule has 1 N–H and O–H groups in total. The number of aryl methyl sites for hydroxylation is 2. The fourth-order valence-electron chi connectivity index (χ4n) is 4.41. The van der Waals surface area contributed by atoms with E-state index in [1.165, 1.54) is 11.1 Å². The van der Waals surface area contributed by atoms with E-state index < -0.39 is 0 Å². The maximum Gasteiger partial charge on any atom is 0.276 e. The summed E-state index contributed by atoms with van der Waals surface area (Å²) in [6, 6.07) is 6.71. The van der Waals surface area contributed by atoms with Crippen molar-refractivity contribution in [2.45, 2.75) is 58.7 Å². The highest BCUT2D eigenvalue weighted by Gasteiger charge is 2.34. The molecule has 2 saturated heterocycles. The highest BCUT2D eigenvalue weighted by molar-refractivity contribution is 5.93. The van der Waals surface area contributed by atoms with Crippen molar-refractivity contribution >= 4 is 5.91 Å². The minimum atomic E-state index is -0.116. The first-order valence-electron chi connectivity index (χ1n) is 10.6. The summed E-state index contributed by atoms with van der Waals surface area (Å²) in [6.07, 6.45) is 1.91. The number of amides is 1. The first-order chi connectivity index (χ1) is 14.0. The maximum atomic E-state index is 13.4.